The largest absolute Gasteiger partial charge is 0.490 e. The van der Waals surface area contributed by atoms with E-state index in [0.717, 1.165) is 18.6 Å². The monoisotopic (exact) mass is 178 g/mol. The lowest BCUT2D eigenvalue weighted by atomic mass is 10.2. The van der Waals surface area contributed by atoms with E-state index in [-0.39, 0.29) is 0 Å². The zero-order valence-electron chi connectivity index (χ0n) is 8.71. The Morgan fingerprint density at radius 2 is 1.62 bits per heavy atom. The highest BCUT2D eigenvalue weighted by Crippen LogP contribution is 2.15. The summed E-state index contributed by atoms with van der Waals surface area (Å²) in [6.07, 6.45) is 2.51. The number of ether oxygens (including phenoxy) is 1. The number of rotatable bonds is 4. The molecule has 0 saturated carbocycles. The minimum Gasteiger partial charge on any atom is -0.490 e. The van der Waals surface area contributed by atoms with Gasteiger partial charge in [-0.15, -0.1) is 0 Å². The second-order valence-corrected chi connectivity index (χ2v) is 3.37. The summed E-state index contributed by atoms with van der Waals surface area (Å²) in [6, 6.07) is 8.23. The molecule has 0 saturated heterocycles. The van der Waals surface area contributed by atoms with Crippen molar-refractivity contribution in [2.45, 2.75) is 39.7 Å². The standard InChI is InChI=1S/C12H18O/c1-4-11(5-2)13-12-8-6-10(3)7-9-12/h6-9,11H,4-5H2,1-3H3. The second-order valence-electron chi connectivity index (χ2n) is 3.37. The van der Waals surface area contributed by atoms with Gasteiger partial charge < -0.3 is 4.74 Å². The first-order chi connectivity index (χ1) is 6.26. The van der Waals surface area contributed by atoms with E-state index < -0.39 is 0 Å². The Morgan fingerprint density at radius 3 is 2.08 bits per heavy atom. The molecule has 0 aliphatic heterocycles. The smallest absolute Gasteiger partial charge is 0.119 e. The Labute approximate surface area is 80.7 Å². The molecule has 0 radical (unpaired) electrons. The van der Waals surface area contributed by atoms with Crippen LogP contribution in [0.2, 0.25) is 0 Å². The van der Waals surface area contributed by atoms with Crippen LogP contribution in [0.25, 0.3) is 0 Å². The molecule has 1 rings (SSSR count). The van der Waals surface area contributed by atoms with Gasteiger partial charge in [0.05, 0.1) is 6.10 Å². The normalized spacial score (nSPS) is 10.5. The molecule has 1 nitrogen and oxygen atoms in total. The van der Waals surface area contributed by atoms with Gasteiger partial charge in [-0.1, -0.05) is 31.5 Å². The van der Waals surface area contributed by atoms with Crippen LogP contribution in [-0.4, -0.2) is 6.10 Å². The highest BCUT2D eigenvalue weighted by Gasteiger charge is 2.03. The topological polar surface area (TPSA) is 9.23 Å². The first kappa shape index (κ1) is 10.1. The van der Waals surface area contributed by atoms with Gasteiger partial charge in [0.2, 0.25) is 0 Å². The molecule has 1 aromatic rings. The Kier molecular flexibility index (Phi) is 3.81. The van der Waals surface area contributed by atoms with E-state index in [1.54, 1.807) is 0 Å². The number of hydrogen-bond donors (Lipinski definition) is 0. The first-order valence-electron chi connectivity index (χ1n) is 4.99. The van der Waals surface area contributed by atoms with E-state index in [0.29, 0.717) is 6.10 Å². The van der Waals surface area contributed by atoms with Crippen LogP contribution in [0, 0.1) is 6.92 Å². The summed E-state index contributed by atoms with van der Waals surface area (Å²) in [4.78, 5) is 0. The van der Waals surface area contributed by atoms with E-state index in [4.69, 9.17) is 4.74 Å². The molecule has 0 spiro atoms. The Balaban J connectivity index is 2.58. The predicted octanol–water partition coefficient (Wildman–Crippen LogP) is 3.56. The summed E-state index contributed by atoms with van der Waals surface area (Å²) in [6.45, 7) is 6.39. The molecule has 72 valence electrons. The maximum Gasteiger partial charge on any atom is 0.119 e. The van der Waals surface area contributed by atoms with E-state index >= 15 is 0 Å². The minimum atomic E-state index is 0.364. The average molecular weight is 178 g/mol. The third-order valence-electron chi connectivity index (χ3n) is 2.23. The van der Waals surface area contributed by atoms with Crippen LogP contribution >= 0.6 is 0 Å². The van der Waals surface area contributed by atoms with Crippen LogP contribution in [0.1, 0.15) is 32.3 Å². The van der Waals surface area contributed by atoms with Gasteiger partial charge >= 0.3 is 0 Å². The molecule has 0 bridgehead atoms. The molecule has 0 amide bonds. The maximum atomic E-state index is 5.77. The molecular formula is C12H18O. The fraction of sp³-hybridized carbons (Fsp3) is 0.500. The second kappa shape index (κ2) is 4.90. The average Bonchev–Trinajstić information content (AvgIpc) is 2.17. The van der Waals surface area contributed by atoms with Gasteiger partial charge in [-0.2, -0.15) is 0 Å². The molecule has 0 heterocycles. The predicted molar refractivity (Wildman–Crippen MR) is 56.2 cm³/mol. The van der Waals surface area contributed by atoms with Gasteiger partial charge in [-0.05, 0) is 31.9 Å². The molecule has 0 N–H and O–H groups in total. The van der Waals surface area contributed by atoms with Crippen LogP contribution < -0.4 is 4.74 Å². The number of aryl methyl sites for hydroxylation is 1. The van der Waals surface area contributed by atoms with Crippen LogP contribution in [0.15, 0.2) is 24.3 Å². The fourth-order valence-electron chi connectivity index (χ4n) is 1.26. The van der Waals surface area contributed by atoms with Crippen molar-refractivity contribution in [3.63, 3.8) is 0 Å². The number of benzene rings is 1. The van der Waals surface area contributed by atoms with Crippen molar-refractivity contribution in [1.82, 2.24) is 0 Å². The van der Waals surface area contributed by atoms with Crippen LogP contribution in [0.4, 0.5) is 0 Å². The zero-order chi connectivity index (χ0) is 9.68. The van der Waals surface area contributed by atoms with Crippen LogP contribution in [0.3, 0.4) is 0 Å². The van der Waals surface area contributed by atoms with Crippen LogP contribution in [0.5, 0.6) is 5.75 Å². The van der Waals surface area contributed by atoms with E-state index in [1.165, 1.54) is 5.56 Å². The molecular weight excluding hydrogens is 160 g/mol. The third-order valence-corrected chi connectivity index (χ3v) is 2.23. The molecule has 0 aliphatic rings. The van der Waals surface area contributed by atoms with Crippen molar-refractivity contribution in [1.29, 1.82) is 0 Å². The number of hydrogen-bond acceptors (Lipinski definition) is 1. The summed E-state index contributed by atoms with van der Waals surface area (Å²) >= 11 is 0. The van der Waals surface area contributed by atoms with Gasteiger partial charge in [0.15, 0.2) is 0 Å². The Hall–Kier alpha value is -0.980. The summed E-state index contributed by atoms with van der Waals surface area (Å²) in [7, 11) is 0. The molecule has 13 heavy (non-hydrogen) atoms. The highest BCUT2D eigenvalue weighted by atomic mass is 16.5. The van der Waals surface area contributed by atoms with Crippen molar-refractivity contribution in [3.05, 3.63) is 29.8 Å². The van der Waals surface area contributed by atoms with Crippen molar-refractivity contribution in [3.8, 4) is 5.75 Å². The van der Waals surface area contributed by atoms with Gasteiger partial charge in [0.25, 0.3) is 0 Å². The molecule has 0 fully saturated rings. The minimum absolute atomic E-state index is 0.364. The lowest BCUT2D eigenvalue weighted by Gasteiger charge is -2.15. The van der Waals surface area contributed by atoms with Gasteiger partial charge in [0.1, 0.15) is 5.75 Å². The van der Waals surface area contributed by atoms with Crippen LogP contribution in [-0.2, 0) is 0 Å². The van der Waals surface area contributed by atoms with Gasteiger partial charge in [-0.25, -0.2) is 0 Å². The molecule has 1 heteroatoms. The quantitative estimate of drug-likeness (QED) is 0.685. The van der Waals surface area contributed by atoms with Crippen molar-refractivity contribution >= 4 is 0 Å². The lowest BCUT2D eigenvalue weighted by molar-refractivity contribution is 0.193. The van der Waals surface area contributed by atoms with Crippen molar-refractivity contribution < 1.29 is 4.74 Å². The Morgan fingerprint density at radius 1 is 1.08 bits per heavy atom. The maximum absolute atomic E-state index is 5.77. The Bertz CT molecular complexity index is 234. The highest BCUT2D eigenvalue weighted by molar-refractivity contribution is 5.26. The molecule has 1 aromatic carbocycles. The van der Waals surface area contributed by atoms with E-state index in [1.807, 2.05) is 12.1 Å². The summed E-state index contributed by atoms with van der Waals surface area (Å²) in [5.41, 5.74) is 1.27. The summed E-state index contributed by atoms with van der Waals surface area (Å²) in [5, 5.41) is 0. The molecule has 0 aromatic heterocycles. The molecule has 0 atom stereocenters. The molecule has 0 unspecified atom stereocenters. The van der Waals surface area contributed by atoms with Gasteiger partial charge in [-0.3, -0.25) is 0 Å². The summed E-state index contributed by atoms with van der Waals surface area (Å²) < 4.78 is 5.77. The lowest BCUT2D eigenvalue weighted by Crippen LogP contribution is -2.13. The zero-order valence-corrected chi connectivity index (χ0v) is 8.71. The van der Waals surface area contributed by atoms with Crippen molar-refractivity contribution in [2.24, 2.45) is 0 Å². The fourth-order valence-corrected chi connectivity index (χ4v) is 1.26. The SMILES string of the molecule is CCC(CC)Oc1ccc(C)cc1. The van der Waals surface area contributed by atoms with Crippen molar-refractivity contribution in [2.75, 3.05) is 0 Å². The van der Waals surface area contributed by atoms with E-state index in [9.17, 15) is 0 Å². The third kappa shape index (κ3) is 3.10. The van der Waals surface area contributed by atoms with E-state index in [2.05, 4.69) is 32.9 Å². The first-order valence-corrected chi connectivity index (χ1v) is 4.99. The molecule has 0 aliphatic carbocycles. The summed E-state index contributed by atoms with van der Waals surface area (Å²) in [5.74, 6) is 0.985. The van der Waals surface area contributed by atoms with Gasteiger partial charge in [0, 0.05) is 0 Å².